The summed E-state index contributed by atoms with van der Waals surface area (Å²) in [7, 11) is 0. The Morgan fingerprint density at radius 1 is 1.23 bits per heavy atom. The van der Waals surface area contributed by atoms with Crippen molar-refractivity contribution in [2.45, 2.75) is 52.1 Å². The van der Waals surface area contributed by atoms with Crippen molar-refractivity contribution in [1.29, 1.82) is 0 Å². The second-order valence-corrected chi connectivity index (χ2v) is 7.19. The van der Waals surface area contributed by atoms with Gasteiger partial charge in [0, 0.05) is 11.6 Å². The van der Waals surface area contributed by atoms with Crippen LogP contribution in [-0.2, 0) is 4.79 Å². The van der Waals surface area contributed by atoms with E-state index in [1.807, 2.05) is 20.8 Å². The first kappa shape index (κ1) is 20.2. The van der Waals surface area contributed by atoms with Crippen LogP contribution in [0.25, 0.3) is 0 Å². The molecule has 1 aliphatic carbocycles. The highest BCUT2D eigenvalue weighted by atomic mass is 16.5. The van der Waals surface area contributed by atoms with Gasteiger partial charge in [0.25, 0.3) is 5.91 Å². The number of carbonyl (C=O) groups excluding carboxylic acids is 2. The third-order valence-electron chi connectivity index (χ3n) is 4.95. The van der Waals surface area contributed by atoms with Crippen LogP contribution < -0.4 is 21.1 Å². The number of nitrogens with two attached hydrogens (primary N) is 1. The molecule has 0 heterocycles. The summed E-state index contributed by atoms with van der Waals surface area (Å²) in [5, 5.41) is 5.96. The number of nitrogens with one attached hydrogen (secondary N) is 2. The monoisotopic (exact) mass is 361 g/mol. The number of hydrogen-bond acceptors (Lipinski definition) is 4. The molecule has 26 heavy (non-hydrogen) atoms. The molecule has 3 unspecified atom stereocenters. The minimum Gasteiger partial charge on any atom is -0.494 e. The Balaban J connectivity index is 2.00. The first-order valence-corrected chi connectivity index (χ1v) is 9.50. The van der Waals surface area contributed by atoms with Crippen LogP contribution in [0.1, 0.15) is 50.4 Å². The van der Waals surface area contributed by atoms with E-state index in [1.54, 1.807) is 24.3 Å². The van der Waals surface area contributed by atoms with Gasteiger partial charge in [0.05, 0.1) is 6.61 Å². The van der Waals surface area contributed by atoms with Crippen LogP contribution in [0.4, 0.5) is 0 Å². The first-order valence-electron chi connectivity index (χ1n) is 9.50. The number of rotatable bonds is 8. The summed E-state index contributed by atoms with van der Waals surface area (Å²) < 4.78 is 5.39. The molecule has 0 spiro atoms. The summed E-state index contributed by atoms with van der Waals surface area (Å²) in [6.07, 6.45) is 3.08. The third kappa shape index (κ3) is 5.21. The molecule has 2 rings (SSSR count). The Hall–Kier alpha value is -2.08. The largest absolute Gasteiger partial charge is 0.494 e. The fourth-order valence-corrected chi connectivity index (χ4v) is 3.41. The highest BCUT2D eigenvalue weighted by molar-refractivity contribution is 5.97. The van der Waals surface area contributed by atoms with E-state index in [2.05, 4.69) is 10.6 Å². The molecule has 0 radical (unpaired) electrons. The molecule has 1 fully saturated rings. The summed E-state index contributed by atoms with van der Waals surface area (Å²) in [6, 6.07) is 6.46. The minimum atomic E-state index is -0.576. The van der Waals surface area contributed by atoms with Crippen LogP contribution in [-0.4, -0.2) is 37.0 Å². The normalized spacial score (nSPS) is 20.7. The van der Waals surface area contributed by atoms with E-state index in [0.29, 0.717) is 24.6 Å². The maximum absolute atomic E-state index is 12.7. The zero-order valence-electron chi connectivity index (χ0n) is 16.0. The molecule has 0 aliphatic heterocycles. The van der Waals surface area contributed by atoms with E-state index >= 15 is 0 Å². The van der Waals surface area contributed by atoms with Crippen molar-refractivity contribution in [2.75, 3.05) is 13.2 Å². The second-order valence-electron chi connectivity index (χ2n) is 7.19. The van der Waals surface area contributed by atoms with Gasteiger partial charge < -0.3 is 21.1 Å². The topological polar surface area (TPSA) is 93.4 Å². The number of carbonyl (C=O) groups is 2. The molecular weight excluding hydrogens is 330 g/mol. The lowest BCUT2D eigenvalue weighted by Gasteiger charge is -2.26. The molecule has 2 amide bonds. The fourth-order valence-electron chi connectivity index (χ4n) is 3.41. The molecule has 1 aromatic rings. The summed E-state index contributed by atoms with van der Waals surface area (Å²) in [6.45, 7) is 6.92. The van der Waals surface area contributed by atoms with Crippen LogP contribution in [0.3, 0.4) is 0 Å². The predicted molar refractivity (Wildman–Crippen MR) is 102 cm³/mol. The molecule has 1 aliphatic rings. The van der Waals surface area contributed by atoms with Crippen LogP contribution in [0.2, 0.25) is 0 Å². The summed E-state index contributed by atoms with van der Waals surface area (Å²) >= 11 is 0. The number of benzene rings is 1. The van der Waals surface area contributed by atoms with Crippen LogP contribution >= 0.6 is 0 Å². The van der Waals surface area contributed by atoms with Crippen molar-refractivity contribution < 1.29 is 14.3 Å². The van der Waals surface area contributed by atoms with Crippen molar-refractivity contribution in [3.8, 4) is 5.75 Å². The van der Waals surface area contributed by atoms with Gasteiger partial charge in [-0.3, -0.25) is 9.59 Å². The van der Waals surface area contributed by atoms with E-state index in [0.717, 1.165) is 25.0 Å². The van der Waals surface area contributed by atoms with Crippen LogP contribution in [0, 0.1) is 11.8 Å². The number of ether oxygens (including phenoxy) is 1. The van der Waals surface area contributed by atoms with Crippen LogP contribution in [0.5, 0.6) is 5.75 Å². The molecule has 144 valence electrons. The molecule has 4 N–H and O–H groups in total. The number of hydrogen-bond donors (Lipinski definition) is 3. The van der Waals surface area contributed by atoms with Crippen molar-refractivity contribution in [1.82, 2.24) is 10.6 Å². The van der Waals surface area contributed by atoms with E-state index in [4.69, 9.17) is 10.5 Å². The second kappa shape index (κ2) is 9.57. The molecule has 6 nitrogen and oxygen atoms in total. The van der Waals surface area contributed by atoms with Crippen LogP contribution in [0.15, 0.2) is 24.3 Å². The van der Waals surface area contributed by atoms with Crippen molar-refractivity contribution in [3.05, 3.63) is 29.8 Å². The smallest absolute Gasteiger partial charge is 0.251 e. The average molecular weight is 361 g/mol. The zero-order valence-corrected chi connectivity index (χ0v) is 16.0. The first-order chi connectivity index (χ1) is 12.5. The lowest BCUT2D eigenvalue weighted by molar-refractivity contribution is -0.124. The molecule has 0 aromatic heterocycles. The van der Waals surface area contributed by atoms with Gasteiger partial charge >= 0.3 is 0 Å². The van der Waals surface area contributed by atoms with Crippen molar-refractivity contribution in [2.24, 2.45) is 17.6 Å². The van der Waals surface area contributed by atoms with Gasteiger partial charge in [-0.2, -0.15) is 0 Å². The summed E-state index contributed by atoms with van der Waals surface area (Å²) in [4.78, 5) is 25.3. The Bertz CT molecular complexity index is 601. The molecule has 0 saturated heterocycles. The predicted octanol–water partition coefficient (Wildman–Crippen LogP) is 2.08. The zero-order chi connectivity index (χ0) is 19.1. The van der Waals surface area contributed by atoms with Crippen molar-refractivity contribution in [3.63, 3.8) is 0 Å². The summed E-state index contributed by atoms with van der Waals surface area (Å²) in [5.41, 5.74) is 6.30. The van der Waals surface area contributed by atoms with E-state index < -0.39 is 6.04 Å². The number of amides is 2. The molecular formula is C20H31N3O3. The Kier molecular flexibility index (Phi) is 7.45. The lowest BCUT2D eigenvalue weighted by Crippen LogP contribution is -2.53. The average Bonchev–Trinajstić information content (AvgIpc) is 3.07. The standard InChI is InChI=1S/C20H31N3O3/c1-4-26-16-10-8-14(9-11-16)19(24)23-18(13(2)3)20(25)22-17-7-5-6-15(17)12-21/h8-11,13,15,17-18H,4-7,12,21H2,1-3H3,(H,22,25)(H,23,24). The van der Waals surface area contributed by atoms with Gasteiger partial charge in [0.15, 0.2) is 0 Å². The maximum Gasteiger partial charge on any atom is 0.251 e. The maximum atomic E-state index is 12.7. The van der Waals surface area contributed by atoms with E-state index in [-0.39, 0.29) is 23.8 Å². The quantitative estimate of drug-likeness (QED) is 0.661. The molecule has 3 atom stereocenters. The Morgan fingerprint density at radius 2 is 1.92 bits per heavy atom. The molecule has 1 aromatic carbocycles. The van der Waals surface area contributed by atoms with E-state index in [9.17, 15) is 9.59 Å². The Labute approximate surface area is 155 Å². The SMILES string of the molecule is CCOc1ccc(C(=O)NC(C(=O)NC2CCCC2CN)C(C)C)cc1. The highest BCUT2D eigenvalue weighted by Gasteiger charge is 2.31. The fraction of sp³-hybridized carbons (Fsp3) is 0.600. The molecule has 6 heteroatoms. The minimum absolute atomic E-state index is 0.0145. The third-order valence-corrected chi connectivity index (χ3v) is 4.95. The van der Waals surface area contributed by atoms with Gasteiger partial charge in [0.1, 0.15) is 11.8 Å². The Morgan fingerprint density at radius 3 is 2.50 bits per heavy atom. The molecule has 0 bridgehead atoms. The van der Waals surface area contributed by atoms with Gasteiger partial charge in [0.2, 0.25) is 5.91 Å². The summed E-state index contributed by atoms with van der Waals surface area (Å²) in [5.74, 6) is 0.637. The van der Waals surface area contributed by atoms with Gasteiger partial charge in [-0.05, 0) is 62.4 Å². The van der Waals surface area contributed by atoms with E-state index in [1.165, 1.54) is 0 Å². The molecule has 1 saturated carbocycles. The van der Waals surface area contributed by atoms with Gasteiger partial charge in [-0.1, -0.05) is 20.3 Å². The lowest BCUT2D eigenvalue weighted by atomic mass is 10.00. The van der Waals surface area contributed by atoms with Gasteiger partial charge in [-0.25, -0.2) is 0 Å². The van der Waals surface area contributed by atoms with Crippen molar-refractivity contribution >= 4 is 11.8 Å². The highest BCUT2D eigenvalue weighted by Crippen LogP contribution is 2.24. The van der Waals surface area contributed by atoms with Gasteiger partial charge in [-0.15, -0.1) is 0 Å².